The van der Waals surface area contributed by atoms with E-state index in [1.807, 2.05) is 6.07 Å². The summed E-state index contributed by atoms with van der Waals surface area (Å²) in [6.45, 7) is 4.36. The van der Waals surface area contributed by atoms with Crippen LogP contribution in [-0.2, 0) is 0 Å². The third-order valence-electron chi connectivity index (χ3n) is 4.60. The van der Waals surface area contributed by atoms with Crippen molar-refractivity contribution in [1.29, 1.82) is 0 Å². The number of rotatable bonds is 4. The molecule has 4 nitrogen and oxygen atoms in total. The van der Waals surface area contributed by atoms with Crippen LogP contribution in [0.3, 0.4) is 0 Å². The Kier molecular flexibility index (Phi) is 4.77. The number of aryl methyl sites for hydroxylation is 1. The number of aromatic nitrogens is 1. The van der Waals surface area contributed by atoms with Gasteiger partial charge in [0, 0.05) is 11.8 Å². The summed E-state index contributed by atoms with van der Waals surface area (Å²) in [6.07, 6.45) is 8.12. The Morgan fingerprint density at radius 3 is 2.89 bits per heavy atom. The third kappa shape index (κ3) is 3.07. The van der Waals surface area contributed by atoms with E-state index in [-0.39, 0.29) is 6.04 Å². The number of hydrogen-bond donors (Lipinski definition) is 3. The van der Waals surface area contributed by atoms with E-state index in [0.29, 0.717) is 11.7 Å². The Morgan fingerprint density at radius 2 is 2.26 bits per heavy atom. The summed E-state index contributed by atoms with van der Waals surface area (Å²) < 4.78 is 0. The van der Waals surface area contributed by atoms with Crippen molar-refractivity contribution >= 4 is 5.82 Å². The Morgan fingerprint density at radius 1 is 1.47 bits per heavy atom. The molecule has 2 rings (SSSR count). The van der Waals surface area contributed by atoms with Gasteiger partial charge in [-0.05, 0) is 43.2 Å². The minimum atomic E-state index is 0.128. The summed E-state index contributed by atoms with van der Waals surface area (Å²) in [5, 5.41) is 0. The van der Waals surface area contributed by atoms with Gasteiger partial charge in [-0.2, -0.15) is 0 Å². The van der Waals surface area contributed by atoms with E-state index in [9.17, 15) is 0 Å². The summed E-state index contributed by atoms with van der Waals surface area (Å²) >= 11 is 0. The van der Waals surface area contributed by atoms with Crippen molar-refractivity contribution in [3.63, 3.8) is 0 Å². The van der Waals surface area contributed by atoms with Crippen LogP contribution >= 0.6 is 0 Å². The highest BCUT2D eigenvalue weighted by atomic mass is 15.2. The molecule has 1 heterocycles. The second-order valence-corrected chi connectivity index (χ2v) is 5.77. The molecule has 1 aromatic heterocycles. The average molecular weight is 262 g/mol. The van der Waals surface area contributed by atoms with Gasteiger partial charge in [0.2, 0.25) is 0 Å². The molecule has 0 amide bonds. The lowest BCUT2D eigenvalue weighted by Gasteiger charge is -2.35. The van der Waals surface area contributed by atoms with Crippen LogP contribution in [0.4, 0.5) is 5.82 Å². The van der Waals surface area contributed by atoms with Crippen molar-refractivity contribution < 1.29 is 0 Å². The zero-order valence-corrected chi connectivity index (χ0v) is 12.0. The predicted octanol–water partition coefficient (Wildman–Crippen LogP) is 2.69. The lowest BCUT2D eigenvalue weighted by molar-refractivity contribution is 0.210. The number of nitrogen functional groups attached to an aromatic ring is 1. The predicted molar refractivity (Wildman–Crippen MR) is 79.2 cm³/mol. The molecule has 1 aromatic rings. The van der Waals surface area contributed by atoms with Crippen LogP contribution in [0.2, 0.25) is 0 Å². The highest BCUT2D eigenvalue weighted by Crippen LogP contribution is 2.39. The molecule has 0 saturated heterocycles. The molecule has 3 unspecified atom stereocenters. The molecule has 3 atom stereocenters. The van der Waals surface area contributed by atoms with Gasteiger partial charge >= 0.3 is 0 Å². The molecule has 0 spiro atoms. The molecular weight excluding hydrogens is 236 g/mol. The second-order valence-electron chi connectivity index (χ2n) is 5.77. The second kappa shape index (κ2) is 6.35. The highest BCUT2D eigenvalue weighted by molar-refractivity contribution is 5.46. The van der Waals surface area contributed by atoms with E-state index in [0.717, 1.165) is 11.5 Å². The van der Waals surface area contributed by atoms with Crippen molar-refractivity contribution in [2.24, 2.45) is 17.7 Å². The minimum absolute atomic E-state index is 0.128. The van der Waals surface area contributed by atoms with Gasteiger partial charge in [0.25, 0.3) is 0 Å². The smallest absolute Gasteiger partial charge is 0.128 e. The number of nitrogens with zero attached hydrogens (tertiary/aromatic N) is 1. The first-order valence-electron chi connectivity index (χ1n) is 7.34. The van der Waals surface area contributed by atoms with Gasteiger partial charge in [0.05, 0.1) is 6.04 Å². The van der Waals surface area contributed by atoms with Crippen molar-refractivity contribution in [3.05, 3.63) is 23.4 Å². The van der Waals surface area contributed by atoms with Crippen LogP contribution in [0.25, 0.3) is 0 Å². The van der Waals surface area contributed by atoms with Crippen molar-refractivity contribution in [3.8, 4) is 0 Å². The fourth-order valence-electron chi connectivity index (χ4n) is 3.46. The van der Waals surface area contributed by atoms with Crippen LogP contribution in [0.5, 0.6) is 0 Å². The Hall–Kier alpha value is -1.13. The first-order chi connectivity index (χ1) is 9.17. The average Bonchev–Trinajstić information content (AvgIpc) is 2.43. The highest BCUT2D eigenvalue weighted by Gasteiger charge is 2.30. The fraction of sp³-hybridized carbons (Fsp3) is 0.667. The molecule has 0 aromatic carbocycles. The van der Waals surface area contributed by atoms with Gasteiger partial charge in [0.1, 0.15) is 5.82 Å². The van der Waals surface area contributed by atoms with Gasteiger partial charge in [-0.1, -0.05) is 26.2 Å². The van der Waals surface area contributed by atoms with Crippen LogP contribution in [0.15, 0.2) is 12.3 Å². The van der Waals surface area contributed by atoms with Crippen molar-refractivity contribution in [2.45, 2.75) is 52.0 Å². The number of hydrogen-bond acceptors (Lipinski definition) is 4. The van der Waals surface area contributed by atoms with Gasteiger partial charge in [0.15, 0.2) is 0 Å². The van der Waals surface area contributed by atoms with Crippen molar-refractivity contribution in [1.82, 2.24) is 10.4 Å². The van der Waals surface area contributed by atoms with Gasteiger partial charge in [-0.15, -0.1) is 0 Å². The van der Waals surface area contributed by atoms with Crippen LogP contribution in [0, 0.1) is 18.8 Å². The molecule has 0 radical (unpaired) electrons. The van der Waals surface area contributed by atoms with Crippen LogP contribution in [-0.4, -0.2) is 4.98 Å². The number of nitrogens with two attached hydrogens (primary N) is 2. The first-order valence-corrected chi connectivity index (χ1v) is 7.34. The van der Waals surface area contributed by atoms with Gasteiger partial charge < -0.3 is 5.73 Å². The summed E-state index contributed by atoms with van der Waals surface area (Å²) in [6, 6.07) is 2.14. The normalized spacial score (nSPS) is 25.2. The molecule has 19 heavy (non-hydrogen) atoms. The lowest BCUT2D eigenvalue weighted by atomic mass is 9.75. The van der Waals surface area contributed by atoms with Crippen molar-refractivity contribution in [2.75, 3.05) is 5.73 Å². The van der Waals surface area contributed by atoms with Crippen LogP contribution in [0.1, 0.15) is 56.2 Å². The third-order valence-corrected chi connectivity index (χ3v) is 4.60. The van der Waals surface area contributed by atoms with E-state index in [2.05, 4.69) is 24.3 Å². The van der Waals surface area contributed by atoms with E-state index in [1.54, 1.807) is 6.20 Å². The molecular formula is C15H26N4. The Bertz CT molecular complexity index is 398. The molecule has 1 aliphatic carbocycles. The maximum atomic E-state index is 6.07. The number of nitrogens with one attached hydrogen (secondary N) is 1. The van der Waals surface area contributed by atoms with Crippen LogP contribution < -0.4 is 17.0 Å². The molecule has 1 fully saturated rings. The quantitative estimate of drug-likeness (QED) is 0.576. The van der Waals surface area contributed by atoms with E-state index in [4.69, 9.17) is 11.6 Å². The molecule has 0 bridgehead atoms. The zero-order valence-electron chi connectivity index (χ0n) is 12.0. The molecule has 5 N–H and O–H groups in total. The molecule has 1 saturated carbocycles. The maximum Gasteiger partial charge on any atom is 0.128 e. The van der Waals surface area contributed by atoms with Gasteiger partial charge in [-0.3, -0.25) is 11.3 Å². The Labute approximate surface area is 115 Å². The fourth-order valence-corrected chi connectivity index (χ4v) is 3.46. The zero-order chi connectivity index (χ0) is 13.8. The summed E-state index contributed by atoms with van der Waals surface area (Å²) in [4.78, 5) is 4.23. The molecule has 4 heteroatoms. The lowest BCUT2D eigenvalue weighted by Crippen LogP contribution is -2.36. The Balaban J connectivity index is 2.24. The number of hydrazine groups is 1. The minimum Gasteiger partial charge on any atom is -0.383 e. The van der Waals surface area contributed by atoms with E-state index >= 15 is 0 Å². The van der Waals surface area contributed by atoms with Gasteiger partial charge in [-0.25, -0.2) is 4.98 Å². The van der Waals surface area contributed by atoms with E-state index < -0.39 is 0 Å². The number of anilines is 1. The van der Waals surface area contributed by atoms with E-state index in [1.165, 1.54) is 37.7 Å². The monoisotopic (exact) mass is 262 g/mol. The number of pyridine rings is 1. The summed E-state index contributed by atoms with van der Waals surface area (Å²) in [5.41, 5.74) is 11.3. The molecule has 106 valence electrons. The maximum absolute atomic E-state index is 6.07. The molecule has 0 aliphatic heterocycles. The summed E-state index contributed by atoms with van der Waals surface area (Å²) in [7, 11) is 0. The molecule has 1 aliphatic rings. The SMILES string of the molecule is CCC1CCCC(C(NN)c2c(C)ccnc2N)C1. The standard InChI is InChI=1S/C15H26N4/c1-3-11-5-4-6-12(9-11)14(19-17)13-10(2)7-8-18-15(13)16/h7-8,11-12,14,19H,3-6,9,17H2,1-2H3,(H2,16,18). The topological polar surface area (TPSA) is 77.0 Å². The largest absolute Gasteiger partial charge is 0.383 e. The first kappa shape index (κ1) is 14.3. The summed E-state index contributed by atoms with van der Waals surface area (Å²) in [5.74, 6) is 7.83.